The zero-order valence-electron chi connectivity index (χ0n) is 9.45. The van der Waals surface area contributed by atoms with Gasteiger partial charge in [-0.3, -0.25) is 10.1 Å². The first-order valence-corrected chi connectivity index (χ1v) is 5.72. The molecule has 0 atom stereocenters. The lowest BCUT2D eigenvalue weighted by Crippen LogP contribution is -1.92. The van der Waals surface area contributed by atoms with E-state index in [-0.39, 0.29) is 11.4 Å². The summed E-state index contributed by atoms with van der Waals surface area (Å²) >= 11 is 4.52. The Hall–Kier alpha value is -2.14. The van der Waals surface area contributed by atoms with Crippen LogP contribution in [0.4, 0.5) is 11.4 Å². The van der Waals surface area contributed by atoms with Crippen molar-refractivity contribution in [2.24, 2.45) is 4.36 Å². The lowest BCUT2D eigenvalue weighted by molar-refractivity contribution is -0.384. The molecule has 2 rings (SSSR count). The third-order valence-corrected chi connectivity index (χ3v) is 2.78. The zero-order chi connectivity index (χ0) is 13.0. The Labute approximate surface area is 110 Å². The zero-order valence-corrected chi connectivity index (χ0v) is 10.3. The van der Waals surface area contributed by atoms with Crippen LogP contribution in [-0.4, -0.2) is 4.92 Å². The highest BCUT2D eigenvalue weighted by Crippen LogP contribution is 2.28. The van der Waals surface area contributed by atoms with Crippen LogP contribution in [0.3, 0.4) is 0 Å². The van der Waals surface area contributed by atoms with Gasteiger partial charge in [0.05, 0.1) is 4.92 Å². The fourth-order valence-electron chi connectivity index (χ4n) is 1.73. The van der Waals surface area contributed by atoms with E-state index in [0.29, 0.717) is 6.42 Å². The summed E-state index contributed by atoms with van der Waals surface area (Å²) in [4.78, 5) is 10.4. The molecular formula is C13H10N2O2S. The highest BCUT2D eigenvalue weighted by atomic mass is 32.1. The van der Waals surface area contributed by atoms with Crippen LogP contribution in [0.15, 0.2) is 52.9 Å². The molecule has 0 spiro atoms. The van der Waals surface area contributed by atoms with Gasteiger partial charge >= 0.3 is 0 Å². The molecule has 0 aliphatic heterocycles. The average molecular weight is 258 g/mol. The molecule has 2 aromatic carbocycles. The molecule has 0 heterocycles. The third kappa shape index (κ3) is 2.75. The van der Waals surface area contributed by atoms with Crippen molar-refractivity contribution < 1.29 is 4.92 Å². The van der Waals surface area contributed by atoms with Crippen LogP contribution in [0, 0.1) is 10.1 Å². The monoisotopic (exact) mass is 258 g/mol. The fourth-order valence-corrected chi connectivity index (χ4v) is 1.89. The molecule has 4 nitrogen and oxygen atoms in total. The molecule has 0 N–H and O–H groups in total. The first kappa shape index (κ1) is 12.3. The number of nitrogens with zero attached hydrogens (tertiary/aromatic N) is 2. The molecule has 0 unspecified atom stereocenters. The van der Waals surface area contributed by atoms with Crippen molar-refractivity contribution >= 4 is 23.8 Å². The van der Waals surface area contributed by atoms with Crippen molar-refractivity contribution in [3.63, 3.8) is 0 Å². The van der Waals surface area contributed by atoms with Gasteiger partial charge in [-0.15, -0.1) is 0 Å². The van der Waals surface area contributed by atoms with Gasteiger partial charge in [-0.2, -0.15) is 4.36 Å². The van der Waals surface area contributed by atoms with Crippen LogP contribution in [0.1, 0.15) is 11.1 Å². The maximum Gasteiger partial charge on any atom is 0.296 e. The van der Waals surface area contributed by atoms with Crippen molar-refractivity contribution in [3.05, 3.63) is 69.8 Å². The summed E-state index contributed by atoms with van der Waals surface area (Å²) in [6.07, 6.45) is 0.652. The van der Waals surface area contributed by atoms with Gasteiger partial charge in [-0.25, -0.2) is 0 Å². The topological polar surface area (TPSA) is 55.5 Å². The lowest BCUT2D eigenvalue weighted by Gasteiger charge is -2.03. The Balaban J connectivity index is 2.33. The van der Waals surface area contributed by atoms with E-state index >= 15 is 0 Å². The molecule has 0 bridgehead atoms. The van der Waals surface area contributed by atoms with E-state index in [1.165, 1.54) is 6.07 Å². The molecule has 0 radical (unpaired) electrons. The van der Waals surface area contributed by atoms with Crippen LogP contribution in [0.25, 0.3) is 0 Å². The molecule has 0 aromatic heterocycles. The first-order valence-electron chi connectivity index (χ1n) is 5.35. The van der Waals surface area contributed by atoms with E-state index in [1.54, 1.807) is 6.07 Å². The summed E-state index contributed by atoms with van der Waals surface area (Å²) in [5.74, 6) is 0. The first-order chi connectivity index (χ1) is 8.70. The predicted octanol–water partition coefficient (Wildman–Crippen LogP) is 3.55. The SMILES string of the molecule is O=[N+]([O-])c1cc(Cc2ccccc2)ccc1N=S. The molecule has 0 aliphatic rings. The highest BCUT2D eigenvalue weighted by Gasteiger charge is 2.13. The number of hydrogen-bond acceptors (Lipinski definition) is 4. The lowest BCUT2D eigenvalue weighted by atomic mass is 10.0. The summed E-state index contributed by atoms with van der Waals surface area (Å²) in [6, 6.07) is 14.7. The van der Waals surface area contributed by atoms with E-state index in [1.807, 2.05) is 36.4 Å². The van der Waals surface area contributed by atoms with Gasteiger partial charge in [-0.1, -0.05) is 36.4 Å². The molecule has 18 heavy (non-hydrogen) atoms. The molecule has 2 aromatic rings. The second-order valence-electron chi connectivity index (χ2n) is 3.83. The minimum absolute atomic E-state index is 0.0431. The summed E-state index contributed by atoms with van der Waals surface area (Å²) in [5.41, 5.74) is 2.16. The van der Waals surface area contributed by atoms with Crippen LogP contribution in [0.2, 0.25) is 0 Å². The second kappa shape index (κ2) is 5.46. The predicted molar refractivity (Wildman–Crippen MR) is 71.8 cm³/mol. The second-order valence-corrected chi connectivity index (χ2v) is 4.02. The molecule has 0 saturated heterocycles. The van der Waals surface area contributed by atoms with Crippen LogP contribution < -0.4 is 0 Å². The molecule has 90 valence electrons. The Kier molecular flexibility index (Phi) is 3.74. The van der Waals surface area contributed by atoms with Crippen molar-refractivity contribution in [2.45, 2.75) is 6.42 Å². The summed E-state index contributed by atoms with van der Waals surface area (Å²) < 4.78 is 3.48. The summed E-state index contributed by atoms with van der Waals surface area (Å²) in [7, 11) is 0. The number of nitro groups is 1. The van der Waals surface area contributed by atoms with Crippen LogP contribution >= 0.6 is 0 Å². The van der Waals surface area contributed by atoms with E-state index in [4.69, 9.17) is 0 Å². The fraction of sp³-hybridized carbons (Fsp3) is 0.0769. The van der Waals surface area contributed by atoms with Crippen LogP contribution in [0.5, 0.6) is 0 Å². The minimum Gasteiger partial charge on any atom is -0.258 e. The van der Waals surface area contributed by atoms with Gasteiger partial charge in [0.2, 0.25) is 0 Å². The van der Waals surface area contributed by atoms with Crippen molar-refractivity contribution in [3.8, 4) is 0 Å². The van der Waals surface area contributed by atoms with Gasteiger partial charge in [0, 0.05) is 18.5 Å². The standard InChI is InChI=1S/C13H10N2O2S/c16-15(17)13-9-11(6-7-12(13)14-18)8-10-4-2-1-3-5-10/h1-7,9H,8H2. The quantitative estimate of drug-likeness (QED) is 0.622. The van der Waals surface area contributed by atoms with Gasteiger partial charge < -0.3 is 0 Å². The Morgan fingerprint density at radius 3 is 2.44 bits per heavy atom. The molecule has 0 fully saturated rings. The maximum atomic E-state index is 10.9. The molecule has 0 aliphatic carbocycles. The Bertz CT molecular complexity index is 585. The summed E-state index contributed by atoms with van der Waals surface area (Å²) in [6.45, 7) is 0. The number of benzene rings is 2. The van der Waals surface area contributed by atoms with Gasteiger partial charge in [0.25, 0.3) is 5.69 Å². The smallest absolute Gasteiger partial charge is 0.258 e. The van der Waals surface area contributed by atoms with Gasteiger partial charge in [-0.05, 0) is 23.6 Å². The molecular weight excluding hydrogens is 248 g/mol. The van der Waals surface area contributed by atoms with Gasteiger partial charge in [0.1, 0.15) is 0 Å². The van der Waals surface area contributed by atoms with Crippen LogP contribution in [-0.2, 0) is 18.8 Å². The third-order valence-electron chi connectivity index (χ3n) is 2.59. The van der Waals surface area contributed by atoms with E-state index in [2.05, 4.69) is 16.8 Å². The largest absolute Gasteiger partial charge is 0.296 e. The van der Waals surface area contributed by atoms with Crippen molar-refractivity contribution in [2.75, 3.05) is 0 Å². The highest BCUT2D eigenvalue weighted by molar-refractivity contribution is 7.47. The number of rotatable bonds is 4. The minimum atomic E-state index is -0.459. The molecule has 5 heteroatoms. The van der Waals surface area contributed by atoms with Crippen molar-refractivity contribution in [1.29, 1.82) is 0 Å². The Morgan fingerprint density at radius 1 is 1.11 bits per heavy atom. The normalized spacial score (nSPS) is 10.0. The average Bonchev–Trinajstić information content (AvgIpc) is 2.40. The maximum absolute atomic E-state index is 10.9. The van der Waals surface area contributed by atoms with E-state index in [9.17, 15) is 10.1 Å². The Morgan fingerprint density at radius 2 is 1.83 bits per heavy atom. The van der Waals surface area contributed by atoms with E-state index in [0.717, 1.165) is 11.1 Å². The molecule has 0 amide bonds. The molecule has 0 saturated carbocycles. The van der Waals surface area contributed by atoms with Gasteiger partial charge in [0.15, 0.2) is 5.69 Å². The van der Waals surface area contributed by atoms with Crippen molar-refractivity contribution in [1.82, 2.24) is 0 Å². The number of nitro benzene ring substituents is 1. The van der Waals surface area contributed by atoms with E-state index < -0.39 is 4.92 Å². The summed E-state index contributed by atoms with van der Waals surface area (Å²) in [5, 5.41) is 10.9. The number of hydrogen-bond donors (Lipinski definition) is 0.